The highest BCUT2D eigenvalue weighted by Crippen LogP contribution is 2.18. The number of hydrogen-bond acceptors (Lipinski definition) is 6. The van der Waals surface area contributed by atoms with Gasteiger partial charge in [-0.2, -0.15) is 0 Å². The zero-order valence-electron chi connectivity index (χ0n) is 41.1. The van der Waals surface area contributed by atoms with Crippen LogP contribution in [0.25, 0.3) is 0 Å². The van der Waals surface area contributed by atoms with Crippen molar-refractivity contribution in [3.05, 3.63) is 0 Å². The number of esters is 3. The van der Waals surface area contributed by atoms with E-state index >= 15 is 0 Å². The zero-order chi connectivity index (χ0) is 44.0. The van der Waals surface area contributed by atoms with E-state index in [0.717, 1.165) is 69.6 Å². The maximum atomic E-state index is 12.7. The molecule has 0 bridgehead atoms. The van der Waals surface area contributed by atoms with E-state index in [9.17, 15) is 14.4 Å². The summed E-state index contributed by atoms with van der Waals surface area (Å²) in [6.07, 6.45) is 48.2. The summed E-state index contributed by atoms with van der Waals surface area (Å²) in [5.74, 6) is 0.816. The number of carbonyl (C=O) groups is 3. The van der Waals surface area contributed by atoms with Crippen molar-refractivity contribution in [2.45, 2.75) is 304 Å². The molecule has 2 atom stereocenters. The predicted molar refractivity (Wildman–Crippen MR) is 256 cm³/mol. The van der Waals surface area contributed by atoms with Crippen molar-refractivity contribution < 1.29 is 28.6 Å². The molecule has 0 fully saturated rings. The van der Waals surface area contributed by atoms with Gasteiger partial charge in [-0.25, -0.2) is 0 Å². The molecule has 0 N–H and O–H groups in total. The van der Waals surface area contributed by atoms with E-state index in [1.54, 1.807) is 0 Å². The first kappa shape index (κ1) is 58.4. The number of rotatable bonds is 48. The zero-order valence-corrected chi connectivity index (χ0v) is 41.1. The lowest BCUT2D eigenvalue weighted by atomic mass is 9.99. The quantitative estimate of drug-likeness (QED) is 0.0345. The Labute approximate surface area is 374 Å². The van der Waals surface area contributed by atoms with E-state index in [1.807, 2.05) is 0 Å². The molecule has 356 valence electrons. The van der Waals surface area contributed by atoms with Crippen molar-refractivity contribution in [1.29, 1.82) is 0 Å². The minimum atomic E-state index is -0.761. The molecule has 6 heteroatoms. The molecule has 0 aliphatic carbocycles. The van der Waals surface area contributed by atoms with Gasteiger partial charge in [0.2, 0.25) is 0 Å². The lowest BCUT2D eigenvalue weighted by molar-refractivity contribution is -0.167. The van der Waals surface area contributed by atoms with Crippen LogP contribution >= 0.6 is 0 Å². The van der Waals surface area contributed by atoms with Crippen LogP contribution in [0.5, 0.6) is 0 Å². The van der Waals surface area contributed by atoms with E-state index in [0.29, 0.717) is 19.3 Å². The van der Waals surface area contributed by atoms with Crippen LogP contribution in [0.4, 0.5) is 0 Å². The van der Waals surface area contributed by atoms with E-state index in [2.05, 4.69) is 34.6 Å². The first-order valence-electron chi connectivity index (χ1n) is 26.8. The highest BCUT2D eigenvalue weighted by molar-refractivity contribution is 5.71. The molecule has 0 aliphatic heterocycles. The Kier molecular flexibility index (Phi) is 45.7. The average molecular weight is 849 g/mol. The van der Waals surface area contributed by atoms with Crippen molar-refractivity contribution in [3.63, 3.8) is 0 Å². The summed E-state index contributed by atoms with van der Waals surface area (Å²) in [5.41, 5.74) is 0. The van der Waals surface area contributed by atoms with Crippen LogP contribution in [0.3, 0.4) is 0 Å². The molecular weight excluding hydrogens is 745 g/mol. The second-order valence-electron chi connectivity index (χ2n) is 19.2. The van der Waals surface area contributed by atoms with E-state index in [1.165, 1.54) is 186 Å². The van der Waals surface area contributed by atoms with Gasteiger partial charge in [0.05, 0.1) is 0 Å². The Balaban J connectivity index is 4.13. The number of carbonyl (C=O) groups excluding carboxylic acids is 3. The molecular formula is C54H104O6. The first-order chi connectivity index (χ1) is 29.3. The number of ether oxygens (including phenoxy) is 3. The largest absolute Gasteiger partial charge is 0.462 e. The highest BCUT2D eigenvalue weighted by Gasteiger charge is 2.19. The maximum Gasteiger partial charge on any atom is 0.306 e. The van der Waals surface area contributed by atoms with Crippen molar-refractivity contribution in [2.75, 3.05) is 13.2 Å². The summed E-state index contributed by atoms with van der Waals surface area (Å²) in [6, 6.07) is 0. The lowest BCUT2D eigenvalue weighted by Gasteiger charge is -2.18. The van der Waals surface area contributed by atoms with Crippen LogP contribution in [0.1, 0.15) is 298 Å². The molecule has 0 rings (SSSR count). The van der Waals surface area contributed by atoms with E-state index < -0.39 is 6.10 Å². The highest BCUT2D eigenvalue weighted by atomic mass is 16.6. The van der Waals surface area contributed by atoms with Gasteiger partial charge in [-0.15, -0.1) is 0 Å². The van der Waals surface area contributed by atoms with Crippen LogP contribution in [-0.4, -0.2) is 37.2 Å². The smallest absolute Gasteiger partial charge is 0.306 e. The molecule has 1 unspecified atom stereocenters. The fourth-order valence-corrected chi connectivity index (χ4v) is 8.13. The Hall–Kier alpha value is -1.59. The molecule has 0 heterocycles. The summed E-state index contributed by atoms with van der Waals surface area (Å²) in [4.78, 5) is 37.8. The van der Waals surface area contributed by atoms with Crippen molar-refractivity contribution in [3.8, 4) is 0 Å². The monoisotopic (exact) mass is 849 g/mol. The summed E-state index contributed by atoms with van der Waals surface area (Å²) in [6.45, 7) is 11.4. The van der Waals surface area contributed by atoms with Crippen molar-refractivity contribution in [2.24, 2.45) is 11.8 Å². The van der Waals surface area contributed by atoms with Gasteiger partial charge in [0.15, 0.2) is 6.10 Å². The minimum Gasteiger partial charge on any atom is -0.462 e. The Morgan fingerprint density at radius 3 is 0.950 bits per heavy atom. The maximum absolute atomic E-state index is 12.7. The third-order valence-corrected chi connectivity index (χ3v) is 12.6. The van der Waals surface area contributed by atoms with Gasteiger partial charge in [0.25, 0.3) is 0 Å². The third kappa shape index (κ3) is 45.9. The Morgan fingerprint density at radius 1 is 0.350 bits per heavy atom. The lowest BCUT2D eigenvalue weighted by Crippen LogP contribution is -2.30. The van der Waals surface area contributed by atoms with Gasteiger partial charge in [-0.3, -0.25) is 14.4 Å². The second-order valence-corrected chi connectivity index (χ2v) is 19.2. The van der Waals surface area contributed by atoms with Crippen LogP contribution < -0.4 is 0 Å². The van der Waals surface area contributed by atoms with Gasteiger partial charge < -0.3 is 14.2 Å². The standard InChI is InChI=1S/C54H104O6/c1-6-8-9-10-11-12-21-25-28-34-39-44-52(55)58-47-51(60-54(57)46-41-36-31-30-32-37-42-49(3)4)48-59-53(56)45-40-35-29-26-23-20-18-16-14-13-15-17-19-22-24-27-33-38-43-50(5)7-2/h49-51H,6-48H2,1-5H3/t50?,51-/m0/s1. The average Bonchev–Trinajstić information content (AvgIpc) is 3.23. The molecule has 0 saturated carbocycles. The molecule has 0 amide bonds. The predicted octanol–water partition coefficient (Wildman–Crippen LogP) is 17.3. The molecule has 6 nitrogen and oxygen atoms in total. The Morgan fingerprint density at radius 2 is 0.633 bits per heavy atom. The van der Waals surface area contributed by atoms with Gasteiger partial charge in [-0.1, -0.05) is 259 Å². The molecule has 60 heavy (non-hydrogen) atoms. The molecule has 0 aliphatic rings. The second kappa shape index (κ2) is 46.9. The molecule has 0 radical (unpaired) electrons. The van der Waals surface area contributed by atoms with Gasteiger partial charge >= 0.3 is 17.9 Å². The van der Waals surface area contributed by atoms with Crippen molar-refractivity contribution >= 4 is 17.9 Å². The molecule has 0 saturated heterocycles. The number of unbranched alkanes of at least 4 members (excludes halogenated alkanes) is 32. The molecule has 0 spiro atoms. The van der Waals surface area contributed by atoms with Crippen LogP contribution in [0.2, 0.25) is 0 Å². The fraction of sp³-hybridized carbons (Fsp3) is 0.944. The van der Waals surface area contributed by atoms with Crippen LogP contribution in [0, 0.1) is 11.8 Å². The van der Waals surface area contributed by atoms with E-state index in [4.69, 9.17) is 14.2 Å². The topological polar surface area (TPSA) is 78.9 Å². The van der Waals surface area contributed by atoms with Crippen LogP contribution in [-0.2, 0) is 28.6 Å². The summed E-state index contributed by atoms with van der Waals surface area (Å²) >= 11 is 0. The normalized spacial score (nSPS) is 12.5. The van der Waals surface area contributed by atoms with Gasteiger partial charge in [0.1, 0.15) is 13.2 Å². The minimum absolute atomic E-state index is 0.0646. The summed E-state index contributed by atoms with van der Waals surface area (Å²) in [5, 5.41) is 0. The fourth-order valence-electron chi connectivity index (χ4n) is 8.13. The summed E-state index contributed by atoms with van der Waals surface area (Å²) < 4.78 is 16.8. The molecule has 0 aromatic rings. The van der Waals surface area contributed by atoms with Gasteiger partial charge in [-0.05, 0) is 31.1 Å². The first-order valence-corrected chi connectivity index (χ1v) is 26.8. The Bertz CT molecular complexity index is 918. The van der Waals surface area contributed by atoms with E-state index in [-0.39, 0.29) is 31.1 Å². The molecule has 0 aromatic heterocycles. The third-order valence-electron chi connectivity index (χ3n) is 12.6. The van der Waals surface area contributed by atoms with Gasteiger partial charge in [0, 0.05) is 19.3 Å². The SMILES string of the molecule is CCCCCCCCCCCCCC(=O)OC[C@@H](COC(=O)CCCCCCCCCCCCCCCCCCCCC(C)CC)OC(=O)CCCCCCCCC(C)C. The molecule has 0 aromatic carbocycles. The number of hydrogen-bond donors (Lipinski definition) is 0. The van der Waals surface area contributed by atoms with Crippen molar-refractivity contribution in [1.82, 2.24) is 0 Å². The van der Waals surface area contributed by atoms with Crippen LogP contribution in [0.15, 0.2) is 0 Å². The summed E-state index contributed by atoms with van der Waals surface area (Å²) in [7, 11) is 0.